The van der Waals surface area contributed by atoms with Gasteiger partial charge in [-0.25, -0.2) is 0 Å². The Balaban J connectivity index is 2.44. The standard InChI is InChI=1S/C16H21NO5/c1-21-10-9-17-14(18)8-7-12(16(19)20)15(17)11-5-3-4-6-13(11)22-2/h3-6,12,15H,7-10H2,1-2H3,(H,19,20)/t12-,15-/m1/s1. The molecule has 1 heterocycles. The second-order valence-corrected chi connectivity index (χ2v) is 5.25. The average Bonchev–Trinajstić information content (AvgIpc) is 2.53. The summed E-state index contributed by atoms with van der Waals surface area (Å²) in [7, 11) is 3.10. The fourth-order valence-electron chi connectivity index (χ4n) is 2.96. The maximum absolute atomic E-state index is 12.3. The van der Waals surface area contributed by atoms with Crippen molar-refractivity contribution in [2.75, 3.05) is 27.4 Å². The van der Waals surface area contributed by atoms with Gasteiger partial charge in [0.25, 0.3) is 0 Å². The molecule has 0 saturated carbocycles. The van der Waals surface area contributed by atoms with Gasteiger partial charge < -0.3 is 19.5 Å². The van der Waals surface area contributed by atoms with Gasteiger partial charge in [-0.15, -0.1) is 0 Å². The molecule has 2 atom stereocenters. The normalized spacial score (nSPS) is 21.7. The van der Waals surface area contributed by atoms with Gasteiger partial charge in [0, 0.05) is 25.6 Å². The van der Waals surface area contributed by atoms with Crippen molar-refractivity contribution < 1.29 is 24.2 Å². The third-order valence-electron chi connectivity index (χ3n) is 4.02. The summed E-state index contributed by atoms with van der Waals surface area (Å²) in [5.74, 6) is -1.00. The van der Waals surface area contributed by atoms with Gasteiger partial charge >= 0.3 is 5.97 Å². The fraction of sp³-hybridized carbons (Fsp3) is 0.500. The molecule has 1 aliphatic heterocycles. The number of nitrogens with zero attached hydrogens (tertiary/aromatic N) is 1. The molecule has 0 aromatic heterocycles. The molecular weight excluding hydrogens is 286 g/mol. The summed E-state index contributed by atoms with van der Waals surface area (Å²) in [5.41, 5.74) is 0.724. The number of para-hydroxylation sites is 1. The van der Waals surface area contributed by atoms with Crippen LogP contribution in [0.25, 0.3) is 0 Å². The Bertz CT molecular complexity index is 545. The number of benzene rings is 1. The van der Waals surface area contributed by atoms with Crippen molar-refractivity contribution in [3.8, 4) is 5.75 Å². The summed E-state index contributed by atoms with van der Waals surface area (Å²) in [5, 5.41) is 9.55. The van der Waals surface area contributed by atoms with E-state index in [4.69, 9.17) is 9.47 Å². The van der Waals surface area contributed by atoms with E-state index in [0.717, 1.165) is 5.56 Å². The molecule has 1 aliphatic rings. The van der Waals surface area contributed by atoms with Crippen LogP contribution in [0, 0.1) is 5.92 Å². The average molecular weight is 307 g/mol. The number of amides is 1. The van der Waals surface area contributed by atoms with Crippen molar-refractivity contribution in [3.63, 3.8) is 0 Å². The summed E-state index contributed by atoms with van der Waals surface area (Å²) in [6.07, 6.45) is 0.576. The first kappa shape index (κ1) is 16.3. The van der Waals surface area contributed by atoms with E-state index in [1.54, 1.807) is 25.2 Å². The van der Waals surface area contributed by atoms with E-state index in [-0.39, 0.29) is 12.3 Å². The molecule has 0 unspecified atom stereocenters. The number of piperidine rings is 1. The van der Waals surface area contributed by atoms with Gasteiger partial charge in [-0.2, -0.15) is 0 Å². The summed E-state index contributed by atoms with van der Waals surface area (Å²) < 4.78 is 10.4. The summed E-state index contributed by atoms with van der Waals surface area (Å²) >= 11 is 0. The van der Waals surface area contributed by atoms with Crippen molar-refractivity contribution in [2.24, 2.45) is 5.92 Å². The number of carbonyl (C=O) groups excluding carboxylic acids is 1. The maximum Gasteiger partial charge on any atom is 0.308 e. The Kier molecular flexibility index (Phi) is 5.38. The SMILES string of the molecule is COCCN1C(=O)CC[C@@H](C(=O)O)[C@H]1c1ccccc1OC. The molecule has 1 fully saturated rings. The van der Waals surface area contributed by atoms with Crippen molar-refractivity contribution >= 4 is 11.9 Å². The number of carbonyl (C=O) groups is 2. The quantitative estimate of drug-likeness (QED) is 0.866. The lowest BCUT2D eigenvalue weighted by atomic mass is 9.84. The van der Waals surface area contributed by atoms with Crippen LogP contribution in [-0.2, 0) is 14.3 Å². The van der Waals surface area contributed by atoms with E-state index in [0.29, 0.717) is 25.3 Å². The molecule has 1 saturated heterocycles. The van der Waals surface area contributed by atoms with Gasteiger partial charge in [-0.05, 0) is 12.5 Å². The van der Waals surface area contributed by atoms with Crippen LogP contribution in [0.4, 0.5) is 0 Å². The molecule has 6 nitrogen and oxygen atoms in total. The molecule has 2 rings (SSSR count). The number of ether oxygens (including phenoxy) is 2. The van der Waals surface area contributed by atoms with Gasteiger partial charge in [0.15, 0.2) is 0 Å². The van der Waals surface area contributed by atoms with E-state index in [1.165, 1.54) is 0 Å². The van der Waals surface area contributed by atoms with Gasteiger partial charge in [0.1, 0.15) is 5.75 Å². The predicted molar refractivity (Wildman–Crippen MR) is 79.7 cm³/mol. The minimum absolute atomic E-state index is 0.0505. The van der Waals surface area contributed by atoms with Crippen molar-refractivity contribution in [2.45, 2.75) is 18.9 Å². The van der Waals surface area contributed by atoms with Gasteiger partial charge in [0.05, 0.1) is 25.7 Å². The fourth-order valence-corrected chi connectivity index (χ4v) is 2.96. The lowest BCUT2D eigenvalue weighted by molar-refractivity contribution is -0.152. The van der Waals surface area contributed by atoms with Gasteiger partial charge in [-0.1, -0.05) is 18.2 Å². The number of methoxy groups -OCH3 is 2. The number of hydrogen-bond donors (Lipinski definition) is 1. The summed E-state index contributed by atoms with van der Waals surface area (Å²) in [4.78, 5) is 25.5. The highest BCUT2D eigenvalue weighted by Gasteiger charge is 2.41. The number of rotatable bonds is 6. The Morgan fingerprint density at radius 1 is 1.36 bits per heavy atom. The number of carboxylic acid groups (broad SMARTS) is 1. The molecule has 6 heteroatoms. The molecule has 0 spiro atoms. The van der Waals surface area contributed by atoms with Gasteiger partial charge in [-0.3, -0.25) is 9.59 Å². The van der Waals surface area contributed by atoms with Crippen LogP contribution in [0.3, 0.4) is 0 Å². The van der Waals surface area contributed by atoms with E-state index in [1.807, 2.05) is 18.2 Å². The molecule has 0 bridgehead atoms. The number of likely N-dealkylation sites (tertiary alicyclic amines) is 1. The van der Waals surface area contributed by atoms with Crippen LogP contribution in [0.5, 0.6) is 5.75 Å². The Hall–Kier alpha value is -2.08. The van der Waals surface area contributed by atoms with Gasteiger partial charge in [0.2, 0.25) is 5.91 Å². The van der Waals surface area contributed by atoms with Crippen molar-refractivity contribution in [3.05, 3.63) is 29.8 Å². The molecule has 0 radical (unpaired) electrons. The topological polar surface area (TPSA) is 76.1 Å². The molecular formula is C16H21NO5. The molecule has 120 valence electrons. The summed E-state index contributed by atoms with van der Waals surface area (Å²) in [6, 6.07) is 6.71. The van der Waals surface area contributed by atoms with Crippen molar-refractivity contribution in [1.29, 1.82) is 0 Å². The first-order valence-electron chi connectivity index (χ1n) is 7.24. The van der Waals surface area contributed by atoms with E-state index in [9.17, 15) is 14.7 Å². The first-order chi connectivity index (χ1) is 10.6. The zero-order valence-electron chi connectivity index (χ0n) is 12.8. The molecule has 1 aromatic rings. The smallest absolute Gasteiger partial charge is 0.308 e. The van der Waals surface area contributed by atoms with E-state index < -0.39 is 17.9 Å². The highest BCUT2D eigenvalue weighted by molar-refractivity contribution is 5.82. The predicted octanol–water partition coefficient (Wildman–Crippen LogP) is 1.71. The highest BCUT2D eigenvalue weighted by Crippen LogP contribution is 2.40. The third-order valence-corrected chi connectivity index (χ3v) is 4.02. The van der Waals surface area contributed by atoms with Crippen molar-refractivity contribution in [1.82, 2.24) is 4.90 Å². The zero-order valence-corrected chi connectivity index (χ0v) is 12.8. The van der Waals surface area contributed by atoms with Crippen LogP contribution in [0.1, 0.15) is 24.4 Å². The molecule has 22 heavy (non-hydrogen) atoms. The highest BCUT2D eigenvalue weighted by atomic mass is 16.5. The number of hydrogen-bond acceptors (Lipinski definition) is 4. The minimum Gasteiger partial charge on any atom is -0.496 e. The maximum atomic E-state index is 12.3. The molecule has 1 N–H and O–H groups in total. The second-order valence-electron chi connectivity index (χ2n) is 5.25. The Morgan fingerprint density at radius 3 is 2.73 bits per heavy atom. The first-order valence-corrected chi connectivity index (χ1v) is 7.24. The summed E-state index contributed by atoms with van der Waals surface area (Å²) in [6.45, 7) is 0.728. The molecule has 1 amide bonds. The van der Waals surface area contributed by atoms with E-state index in [2.05, 4.69) is 0 Å². The second kappa shape index (κ2) is 7.26. The van der Waals surface area contributed by atoms with Crippen LogP contribution >= 0.6 is 0 Å². The Morgan fingerprint density at radius 2 is 2.09 bits per heavy atom. The Labute approximate surface area is 129 Å². The van der Waals surface area contributed by atoms with Crippen LogP contribution in [0.15, 0.2) is 24.3 Å². The van der Waals surface area contributed by atoms with Crippen LogP contribution in [0.2, 0.25) is 0 Å². The molecule has 1 aromatic carbocycles. The number of aliphatic carboxylic acids is 1. The lowest BCUT2D eigenvalue weighted by Crippen LogP contribution is -2.46. The largest absolute Gasteiger partial charge is 0.496 e. The van der Waals surface area contributed by atoms with Crippen LogP contribution < -0.4 is 4.74 Å². The van der Waals surface area contributed by atoms with Crippen LogP contribution in [-0.4, -0.2) is 49.3 Å². The molecule has 0 aliphatic carbocycles. The monoisotopic (exact) mass is 307 g/mol. The third kappa shape index (κ3) is 3.22. The van der Waals surface area contributed by atoms with E-state index >= 15 is 0 Å². The number of carboxylic acids is 1. The zero-order chi connectivity index (χ0) is 16.1. The lowest BCUT2D eigenvalue weighted by Gasteiger charge is -2.40. The minimum atomic E-state index is -0.897.